The van der Waals surface area contributed by atoms with Gasteiger partial charge in [0.05, 0.1) is 22.3 Å². The van der Waals surface area contributed by atoms with Crippen LogP contribution in [0.3, 0.4) is 0 Å². The minimum Gasteiger partial charge on any atom is -0.330 e. The van der Waals surface area contributed by atoms with Crippen LogP contribution in [0.25, 0.3) is 0 Å². The Morgan fingerprint density at radius 1 is 1.38 bits per heavy atom. The van der Waals surface area contributed by atoms with E-state index in [4.69, 9.17) is 40.5 Å². The molecule has 1 heterocycles. The van der Waals surface area contributed by atoms with Gasteiger partial charge in [0.2, 0.25) is 5.91 Å². The van der Waals surface area contributed by atoms with Crippen molar-refractivity contribution < 1.29 is 4.79 Å². The van der Waals surface area contributed by atoms with E-state index in [1.165, 1.54) is 0 Å². The van der Waals surface area contributed by atoms with Crippen molar-refractivity contribution in [1.29, 1.82) is 0 Å². The van der Waals surface area contributed by atoms with E-state index < -0.39 is 0 Å². The molecule has 1 fully saturated rings. The van der Waals surface area contributed by atoms with E-state index >= 15 is 0 Å². The molecular formula is C14H18Cl3N3O. The second-order valence-electron chi connectivity index (χ2n) is 5.41. The molecule has 2 rings (SSSR count). The van der Waals surface area contributed by atoms with Crippen LogP contribution in [0, 0.1) is 5.92 Å². The van der Waals surface area contributed by atoms with Crippen LogP contribution in [0.4, 0.5) is 5.69 Å². The number of nitrogens with one attached hydrogen (secondary N) is 1. The number of carbonyl (C=O) groups excluding carboxylic acids is 1. The summed E-state index contributed by atoms with van der Waals surface area (Å²) >= 11 is 18.0. The van der Waals surface area contributed by atoms with E-state index in [0.717, 1.165) is 13.0 Å². The lowest BCUT2D eigenvalue weighted by atomic mass is 10.1. The van der Waals surface area contributed by atoms with Gasteiger partial charge in [-0.15, -0.1) is 0 Å². The summed E-state index contributed by atoms with van der Waals surface area (Å²) < 4.78 is 0. The molecule has 4 nitrogen and oxygen atoms in total. The third-order valence-corrected chi connectivity index (χ3v) is 4.56. The molecule has 1 aromatic carbocycles. The molecule has 0 aromatic heterocycles. The number of nitrogens with two attached hydrogens (primary N) is 1. The smallest absolute Gasteiger partial charge is 0.238 e. The normalized spacial score (nSPS) is 22.5. The number of hydrogen-bond donors (Lipinski definition) is 2. The first-order valence-corrected chi connectivity index (χ1v) is 7.92. The monoisotopic (exact) mass is 349 g/mol. The average molecular weight is 351 g/mol. The summed E-state index contributed by atoms with van der Waals surface area (Å²) in [5.74, 6) is 0.307. The van der Waals surface area contributed by atoms with E-state index in [2.05, 4.69) is 17.1 Å². The minimum absolute atomic E-state index is 0.148. The summed E-state index contributed by atoms with van der Waals surface area (Å²) in [6, 6.07) is 3.45. The molecule has 1 saturated heterocycles. The Bertz CT molecular complexity index is 515. The highest BCUT2D eigenvalue weighted by molar-refractivity contribution is 6.42. The summed E-state index contributed by atoms with van der Waals surface area (Å²) in [5, 5.41) is 3.84. The number of benzene rings is 1. The Morgan fingerprint density at radius 3 is 2.52 bits per heavy atom. The van der Waals surface area contributed by atoms with Crippen LogP contribution in [-0.4, -0.2) is 36.5 Å². The molecular weight excluding hydrogens is 333 g/mol. The number of nitrogens with zero attached hydrogens (tertiary/aromatic N) is 1. The summed E-state index contributed by atoms with van der Waals surface area (Å²) in [5.41, 5.74) is 6.09. The fraction of sp³-hybridized carbons (Fsp3) is 0.500. The van der Waals surface area contributed by atoms with Crippen molar-refractivity contribution in [3.05, 3.63) is 27.2 Å². The highest BCUT2D eigenvalue weighted by atomic mass is 35.5. The van der Waals surface area contributed by atoms with Gasteiger partial charge in [-0.3, -0.25) is 9.69 Å². The third kappa shape index (κ3) is 4.24. The van der Waals surface area contributed by atoms with E-state index in [1.807, 2.05) is 0 Å². The molecule has 21 heavy (non-hydrogen) atoms. The van der Waals surface area contributed by atoms with Gasteiger partial charge >= 0.3 is 0 Å². The van der Waals surface area contributed by atoms with Crippen molar-refractivity contribution in [2.45, 2.75) is 19.4 Å². The first-order valence-electron chi connectivity index (χ1n) is 6.79. The van der Waals surface area contributed by atoms with Crippen LogP contribution >= 0.6 is 34.8 Å². The maximum absolute atomic E-state index is 12.2. The predicted molar refractivity (Wildman–Crippen MR) is 88.3 cm³/mol. The Labute approximate surface area is 139 Å². The quantitative estimate of drug-likeness (QED) is 0.876. The lowest BCUT2D eigenvalue weighted by Gasteiger charge is -2.20. The number of halogens is 3. The number of likely N-dealkylation sites (tertiary alicyclic amines) is 1. The lowest BCUT2D eigenvalue weighted by molar-refractivity contribution is -0.117. The van der Waals surface area contributed by atoms with Crippen molar-refractivity contribution in [2.24, 2.45) is 11.7 Å². The van der Waals surface area contributed by atoms with Crippen LogP contribution in [0.15, 0.2) is 12.1 Å². The predicted octanol–water partition coefficient (Wildman–Crippen LogP) is 3.25. The van der Waals surface area contributed by atoms with Crippen molar-refractivity contribution >= 4 is 46.4 Å². The highest BCUT2D eigenvalue weighted by Crippen LogP contribution is 2.33. The minimum atomic E-state index is -0.148. The molecule has 0 radical (unpaired) electrons. The van der Waals surface area contributed by atoms with Crippen LogP contribution in [0.5, 0.6) is 0 Å². The molecule has 2 unspecified atom stereocenters. The molecule has 2 atom stereocenters. The molecule has 7 heteroatoms. The number of amides is 1. The summed E-state index contributed by atoms with van der Waals surface area (Å²) in [7, 11) is 0. The topological polar surface area (TPSA) is 58.4 Å². The number of carbonyl (C=O) groups is 1. The highest BCUT2D eigenvalue weighted by Gasteiger charge is 2.29. The third-order valence-electron chi connectivity index (χ3n) is 3.74. The number of anilines is 1. The van der Waals surface area contributed by atoms with Crippen LogP contribution in [-0.2, 0) is 4.79 Å². The Hall–Kier alpha value is -0.520. The van der Waals surface area contributed by atoms with Gasteiger partial charge in [0, 0.05) is 17.6 Å². The molecule has 1 aromatic rings. The van der Waals surface area contributed by atoms with Gasteiger partial charge in [0.25, 0.3) is 0 Å². The Morgan fingerprint density at radius 2 is 2.00 bits per heavy atom. The second kappa shape index (κ2) is 7.16. The molecule has 0 spiro atoms. The van der Waals surface area contributed by atoms with Gasteiger partial charge in [-0.05, 0) is 37.9 Å². The lowest BCUT2D eigenvalue weighted by Crippen LogP contribution is -2.36. The van der Waals surface area contributed by atoms with Gasteiger partial charge < -0.3 is 11.1 Å². The zero-order chi connectivity index (χ0) is 15.6. The fourth-order valence-corrected chi connectivity index (χ4v) is 3.55. The molecule has 0 saturated carbocycles. The first kappa shape index (κ1) is 16.8. The summed E-state index contributed by atoms with van der Waals surface area (Å²) in [4.78, 5) is 14.3. The van der Waals surface area contributed by atoms with Crippen molar-refractivity contribution in [1.82, 2.24) is 4.90 Å². The fourth-order valence-electron chi connectivity index (χ4n) is 2.63. The summed E-state index contributed by atoms with van der Waals surface area (Å²) in [6.45, 7) is 3.89. The van der Waals surface area contributed by atoms with E-state index in [9.17, 15) is 4.79 Å². The van der Waals surface area contributed by atoms with Crippen LogP contribution < -0.4 is 11.1 Å². The standard InChI is InChI=1S/C14H18Cl3N3O/c1-8-2-9(5-18)6-20(8)7-13(21)19-14-11(16)3-10(15)4-12(14)17/h3-4,8-9H,2,5-7,18H2,1H3,(H,19,21). The van der Waals surface area contributed by atoms with Crippen molar-refractivity contribution in [3.63, 3.8) is 0 Å². The van der Waals surface area contributed by atoms with Gasteiger partial charge in [0.15, 0.2) is 0 Å². The Kier molecular flexibility index (Phi) is 5.74. The number of rotatable bonds is 4. The van der Waals surface area contributed by atoms with Gasteiger partial charge in [-0.25, -0.2) is 0 Å². The summed E-state index contributed by atoms with van der Waals surface area (Å²) in [6.07, 6.45) is 1.02. The van der Waals surface area contributed by atoms with Gasteiger partial charge in [-0.1, -0.05) is 34.8 Å². The molecule has 1 amide bonds. The maximum Gasteiger partial charge on any atom is 0.238 e. The molecule has 1 aliphatic rings. The maximum atomic E-state index is 12.2. The first-order chi connectivity index (χ1) is 9.90. The van der Waals surface area contributed by atoms with E-state index in [-0.39, 0.29) is 5.91 Å². The molecule has 116 valence electrons. The Balaban J connectivity index is 2.00. The molecule has 1 aliphatic heterocycles. The van der Waals surface area contributed by atoms with E-state index in [0.29, 0.717) is 45.8 Å². The SMILES string of the molecule is CC1CC(CN)CN1CC(=O)Nc1c(Cl)cc(Cl)cc1Cl. The molecule has 3 N–H and O–H groups in total. The van der Waals surface area contributed by atoms with Crippen molar-refractivity contribution in [2.75, 3.05) is 25.0 Å². The van der Waals surface area contributed by atoms with Crippen molar-refractivity contribution in [3.8, 4) is 0 Å². The second-order valence-corrected chi connectivity index (χ2v) is 6.66. The molecule has 0 aliphatic carbocycles. The van der Waals surface area contributed by atoms with Crippen LogP contribution in [0.1, 0.15) is 13.3 Å². The van der Waals surface area contributed by atoms with E-state index in [1.54, 1.807) is 12.1 Å². The van der Waals surface area contributed by atoms with Gasteiger partial charge in [-0.2, -0.15) is 0 Å². The average Bonchev–Trinajstić information content (AvgIpc) is 2.74. The molecule has 0 bridgehead atoms. The zero-order valence-electron chi connectivity index (χ0n) is 11.7. The van der Waals surface area contributed by atoms with Gasteiger partial charge in [0.1, 0.15) is 0 Å². The zero-order valence-corrected chi connectivity index (χ0v) is 14.0. The number of hydrogen-bond acceptors (Lipinski definition) is 3. The largest absolute Gasteiger partial charge is 0.330 e. The van der Waals surface area contributed by atoms with Crippen LogP contribution in [0.2, 0.25) is 15.1 Å².